The van der Waals surface area contributed by atoms with Gasteiger partial charge in [0.25, 0.3) is 5.91 Å². The van der Waals surface area contributed by atoms with Crippen LogP contribution in [0.5, 0.6) is 0 Å². The lowest BCUT2D eigenvalue weighted by Gasteiger charge is -2.19. The van der Waals surface area contributed by atoms with Crippen LogP contribution in [0, 0.1) is 0 Å². The summed E-state index contributed by atoms with van der Waals surface area (Å²) in [4.78, 5) is 40.2. The number of amides is 2. The van der Waals surface area contributed by atoms with Gasteiger partial charge in [0.2, 0.25) is 0 Å². The van der Waals surface area contributed by atoms with E-state index in [4.69, 9.17) is 4.74 Å². The number of esters is 1. The van der Waals surface area contributed by atoms with Gasteiger partial charge in [0.15, 0.2) is 6.04 Å². The number of aliphatic hydroxyl groups is 1. The lowest BCUT2D eigenvalue weighted by Crippen LogP contribution is -2.48. The summed E-state index contributed by atoms with van der Waals surface area (Å²) in [5, 5.41) is 16.9. The van der Waals surface area contributed by atoms with Crippen molar-refractivity contribution in [2.45, 2.75) is 45.4 Å². The van der Waals surface area contributed by atoms with Crippen LogP contribution in [-0.2, 0) is 14.3 Å². The predicted molar refractivity (Wildman–Crippen MR) is 112 cm³/mol. The number of rotatable bonds is 6. The van der Waals surface area contributed by atoms with E-state index in [0.717, 1.165) is 5.56 Å². The fraction of sp³-hybridized carbons (Fsp3) is 0.400. The maximum atomic E-state index is 12.4. The number of carbonyl (C=O) groups excluding carboxylic acids is 3. The first-order valence-corrected chi connectivity index (χ1v) is 10.0. The number of carbonyl (C=O) groups is 3. The van der Waals surface area contributed by atoms with Gasteiger partial charge in [-0.05, 0) is 52.0 Å². The monoisotopic (exact) mass is 435 g/mol. The van der Waals surface area contributed by atoms with Gasteiger partial charge >= 0.3 is 12.1 Å². The first-order valence-electron chi connectivity index (χ1n) is 9.13. The molecule has 1 aromatic heterocycles. The summed E-state index contributed by atoms with van der Waals surface area (Å²) in [6, 6.07) is 5.70. The predicted octanol–water partition coefficient (Wildman–Crippen LogP) is 2.81. The fourth-order valence-corrected chi connectivity index (χ4v) is 3.15. The molecular weight excluding hydrogens is 410 g/mol. The lowest BCUT2D eigenvalue weighted by molar-refractivity contribution is -0.145. The Morgan fingerprint density at radius 2 is 1.80 bits per heavy atom. The standard InChI is InChI=1S/C20H25N3O6S/c1-11(24)15(18(26)28-5)23-16(25)14-10-30-17(22-14)12-6-8-13(9-7-12)21-19(27)29-20(2,3)4/h6-11,15,24H,1-5H3,(H,21,27)(H,23,25)/t11-,15-/m0/s1. The Balaban J connectivity index is 2.06. The van der Waals surface area contributed by atoms with Crippen molar-refractivity contribution in [3.8, 4) is 10.6 Å². The summed E-state index contributed by atoms with van der Waals surface area (Å²) in [5.74, 6) is -1.35. The second kappa shape index (κ2) is 9.68. The van der Waals surface area contributed by atoms with E-state index < -0.39 is 35.7 Å². The smallest absolute Gasteiger partial charge is 0.412 e. The van der Waals surface area contributed by atoms with Gasteiger partial charge in [-0.15, -0.1) is 11.3 Å². The third kappa shape index (κ3) is 6.53. The van der Waals surface area contributed by atoms with E-state index in [9.17, 15) is 19.5 Å². The van der Waals surface area contributed by atoms with Crippen LogP contribution in [-0.4, -0.2) is 52.9 Å². The summed E-state index contributed by atoms with van der Waals surface area (Å²) in [6.45, 7) is 6.71. The summed E-state index contributed by atoms with van der Waals surface area (Å²) in [5.41, 5.74) is 0.817. The number of ether oxygens (including phenoxy) is 2. The van der Waals surface area contributed by atoms with Gasteiger partial charge in [0, 0.05) is 16.6 Å². The van der Waals surface area contributed by atoms with Crippen LogP contribution >= 0.6 is 11.3 Å². The summed E-state index contributed by atoms with van der Waals surface area (Å²) in [7, 11) is 1.17. The van der Waals surface area contributed by atoms with Crippen LogP contribution in [0.3, 0.4) is 0 Å². The Kier molecular flexibility index (Phi) is 7.52. The van der Waals surface area contributed by atoms with Crippen LogP contribution in [0.2, 0.25) is 0 Å². The molecule has 0 saturated heterocycles. The minimum Gasteiger partial charge on any atom is -0.467 e. The zero-order valence-corrected chi connectivity index (χ0v) is 18.2. The molecule has 10 heteroatoms. The highest BCUT2D eigenvalue weighted by molar-refractivity contribution is 7.13. The number of hydrogen-bond acceptors (Lipinski definition) is 8. The van der Waals surface area contributed by atoms with Crippen molar-refractivity contribution >= 4 is 35.0 Å². The van der Waals surface area contributed by atoms with E-state index in [1.54, 1.807) is 50.4 Å². The van der Waals surface area contributed by atoms with Crippen molar-refractivity contribution in [3.05, 3.63) is 35.3 Å². The molecule has 2 rings (SSSR count). The molecule has 2 atom stereocenters. The summed E-state index contributed by atoms with van der Waals surface area (Å²) >= 11 is 1.25. The van der Waals surface area contributed by atoms with Crippen LogP contribution < -0.4 is 10.6 Å². The molecule has 0 aliphatic heterocycles. The molecule has 0 aliphatic rings. The zero-order chi connectivity index (χ0) is 22.5. The van der Waals surface area contributed by atoms with Crippen molar-refractivity contribution in [2.24, 2.45) is 0 Å². The van der Waals surface area contributed by atoms with Crippen LogP contribution in [0.4, 0.5) is 10.5 Å². The Bertz CT molecular complexity index is 902. The maximum Gasteiger partial charge on any atom is 0.412 e. The topological polar surface area (TPSA) is 127 Å². The second-order valence-electron chi connectivity index (χ2n) is 7.46. The normalized spacial score (nSPS) is 13.1. The fourth-order valence-electron chi connectivity index (χ4n) is 2.35. The minimum atomic E-state index is -1.19. The average Bonchev–Trinajstić information content (AvgIpc) is 3.14. The quantitative estimate of drug-likeness (QED) is 0.596. The molecule has 0 unspecified atom stereocenters. The van der Waals surface area contributed by atoms with Gasteiger partial charge in [-0.3, -0.25) is 10.1 Å². The number of nitrogens with one attached hydrogen (secondary N) is 2. The van der Waals surface area contributed by atoms with Crippen molar-refractivity contribution in [1.82, 2.24) is 10.3 Å². The molecular formula is C20H25N3O6S. The van der Waals surface area contributed by atoms with Gasteiger partial charge in [-0.2, -0.15) is 0 Å². The van der Waals surface area contributed by atoms with E-state index in [1.807, 2.05) is 0 Å². The molecule has 3 N–H and O–H groups in total. The van der Waals surface area contributed by atoms with Gasteiger partial charge in [-0.25, -0.2) is 14.6 Å². The third-order valence-corrected chi connectivity index (χ3v) is 4.63. The molecule has 1 aromatic carbocycles. The van der Waals surface area contributed by atoms with Crippen molar-refractivity contribution in [3.63, 3.8) is 0 Å². The molecule has 30 heavy (non-hydrogen) atoms. The largest absolute Gasteiger partial charge is 0.467 e. The van der Waals surface area contributed by atoms with Crippen LogP contribution in [0.15, 0.2) is 29.6 Å². The summed E-state index contributed by atoms with van der Waals surface area (Å²) in [6.07, 6.45) is -1.67. The molecule has 0 saturated carbocycles. The third-order valence-electron chi connectivity index (χ3n) is 3.74. The van der Waals surface area contributed by atoms with E-state index in [0.29, 0.717) is 10.7 Å². The number of anilines is 1. The Morgan fingerprint density at radius 1 is 1.17 bits per heavy atom. The first kappa shape index (κ1) is 23.3. The molecule has 0 bridgehead atoms. The number of nitrogens with zero attached hydrogens (tertiary/aromatic N) is 1. The number of aliphatic hydroxyl groups excluding tert-OH is 1. The SMILES string of the molecule is COC(=O)[C@@H](NC(=O)c1csc(-c2ccc(NC(=O)OC(C)(C)C)cc2)n1)[C@H](C)O. The second-order valence-corrected chi connectivity index (χ2v) is 8.32. The van der Waals surface area contributed by atoms with Crippen molar-refractivity contribution < 1.29 is 29.0 Å². The van der Waals surface area contributed by atoms with E-state index in [1.165, 1.54) is 25.4 Å². The lowest BCUT2D eigenvalue weighted by atomic mass is 10.2. The van der Waals surface area contributed by atoms with E-state index >= 15 is 0 Å². The molecule has 0 spiro atoms. The molecule has 0 fully saturated rings. The van der Waals surface area contributed by atoms with Crippen LogP contribution in [0.25, 0.3) is 10.6 Å². The van der Waals surface area contributed by atoms with E-state index in [2.05, 4.69) is 20.4 Å². The Morgan fingerprint density at radius 3 is 2.33 bits per heavy atom. The highest BCUT2D eigenvalue weighted by Crippen LogP contribution is 2.25. The summed E-state index contributed by atoms with van der Waals surface area (Å²) < 4.78 is 9.78. The number of methoxy groups -OCH3 is 1. The highest BCUT2D eigenvalue weighted by Gasteiger charge is 2.27. The first-order chi connectivity index (χ1) is 14.0. The Hall–Kier alpha value is -2.98. The molecule has 0 radical (unpaired) electrons. The molecule has 9 nitrogen and oxygen atoms in total. The highest BCUT2D eigenvalue weighted by atomic mass is 32.1. The number of thiazole rings is 1. The van der Waals surface area contributed by atoms with Crippen LogP contribution in [0.1, 0.15) is 38.2 Å². The minimum absolute atomic E-state index is 0.112. The molecule has 2 amide bonds. The van der Waals surface area contributed by atoms with Gasteiger partial charge in [0.05, 0.1) is 13.2 Å². The maximum absolute atomic E-state index is 12.4. The van der Waals surface area contributed by atoms with Gasteiger partial charge in [0.1, 0.15) is 16.3 Å². The van der Waals surface area contributed by atoms with Crippen molar-refractivity contribution in [1.29, 1.82) is 0 Å². The average molecular weight is 436 g/mol. The number of aromatic nitrogens is 1. The molecule has 1 heterocycles. The van der Waals surface area contributed by atoms with E-state index in [-0.39, 0.29) is 5.69 Å². The molecule has 162 valence electrons. The van der Waals surface area contributed by atoms with Crippen molar-refractivity contribution in [2.75, 3.05) is 12.4 Å². The molecule has 0 aliphatic carbocycles. The zero-order valence-electron chi connectivity index (χ0n) is 17.4. The molecule has 2 aromatic rings. The van der Waals surface area contributed by atoms with Gasteiger partial charge < -0.3 is 19.9 Å². The number of hydrogen-bond donors (Lipinski definition) is 3. The number of benzene rings is 1. The van der Waals surface area contributed by atoms with Gasteiger partial charge in [-0.1, -0.05) is 0 Å². The Labute approximate surface area is 178 Å².